The molecule has 0 bridgehead atoms. The molecule has 2 rings (SSSR count). The van der Waals surface area contributed by atoms with Crippen molar-refractivity contribution in [2.75, 3.05) is 22.9 Å². The van der Waals surface area contributed by atoms with Crippen molar-refractivity contribution in [2.45, 2.75) is 6.42 Å². The van der Waals surface area contributed by atoms with Gasteiger partial charge in [-0.25, -0.2) is 12.7 Å². The van der Waals surface area contributed by atoms with Gasteiger partial charge in [0, 0.05) is 12.1 Å². The van der Waals surface area contributed by atoms with Crippen LogP contribution >= 0.6 is 0 Å². The average molecular weight is 256 g/mol. The number of nitrogens with two attached hydrogens (primary N) is 1. The highest BCUT2D eigenvalue weighted by Gasteiger charge is 2.37. The van der Waals surface area contributed by atoms with Crippen molar-refractivity contribution in [3.63, 3.8) is 0 Å². The van der Waals surface area contributed by atoms with E-state index in [9.17, 15) is 13.2 Å². The van der Waals surface area contributed by atoms with E-state index in [1.54, 1.807) is 6.07 Å². The lowest BCUT2D eigenvalue weighted by atomic mass is 10.2. The van der Waals surface area contributed by atoms with Gasteiger partial charge in [-0.05, 0) is 18.2 Å². The molecule has 1 aromatic rings. The third kappa shape index (κ3) is 1.93. The summed E-state index contributed by atoms with van der Waals surface area (Å²) in [7, 11) is -2.19. The number of rotatable bonds is 2. The molecular formula is C10H12N2O4S. The van der Waals surface area contributed by atoms with Gasteiger partial charge in [0.05, 0.1) is 12.9 Å². The molecule has 0 saturated carbocycles. The van der Waals surface area contributed by atoms with E-state index >= 15 is 0 Å². The summed E-state index contributed by atoms with van der Waals surface area (Å²) in [6, 6.07) is 4.53. The number of benzene rings is 1. The minimum Gasteiger partial charge on any atom is -0.495 e. The lowest BCUT2D eigenvalue weighted by molar-refractivity contribution is -0.116. The van der Waals surface area contributed by atoms with Gasteiger partial charge in [0.2, 0.25) is 15.9 Å². The first-order valence-electron chi connectivity index (χ1n) is 4.95. The van der Waals surface area contributed by atoms with Crippen LogP contribution < -0.4 is 14.8 Å². The summed E-state index contributed by atoms with van der Waals surface area (Å²) in [5, 5.41) is 0. The van der Waals surface area contributed by atoms with Crippen LogP contribution in [0, 0.1) is 0 Å². The summed E-state index contributed by atoms with van der Waals surface area (Å²) in [6.45, 7) is 0. The molecule has 0 atom stereocenters. The monoisotopic (exact) mass is 256 g/mol. The minimum atomic E-state index is -3.59. The Kier molecular flexibility index (Phi) is 2.70. The molecule has 1 heterocycles. The normalized spacial score (nSPS) is 18.4. The second kappa shape index (κ2) is 3.92. The number of carbonyl (C=O) groups is 1. The van der Waals surface area contributed by atoms with Gasteiger partial charge < -0.3 is 10.5 Å². The number of ether oxygens (including phenoxy) is 1. The lowest BCUT2D eigenvalue weighted by Crippen LogP contribution is -2.29. The van der Waals surface area contributed by atoms with Gasteiger partial charge in [-0.15, -0.1) is 0 Å². The van der Waals surface area contributed by atoms with Crippen LogP contribution in [0.1, 0.15) is 6.42 Å². The van der Waals surface area contributed by atoms with Crippen LogP contribution in [0.5, 0.6) is 5.75 Å². The van der Waals surface area contributed by atoms with Crippen molar-refractivity contribution in [2.24, 2.45) is 0 Å². The molecule has 1 saturated heterocycles. The Morgan fingerprint density at radius 1 is 1.41 bits per heavy atom. The molecule has 7 heteroatoms. The lowest BCUT2D eigenvalue weighted by Gasteiger charge is -2.18. The summed E-state index contributed by atoms with van der Waals surface area (Å²) >= 11 is 0. The number of carbonyl (C=O) groups excluding carboxylic acids is 1. The van der Waals surface area contributed by atoms with Gasteiger partial charge in [-0.3, -0.25) is 4.79 Å². The molecule has 1 amide bonds. The Morgan fingerprint density at radius 3 is 2.65 bits per heavy atom. The smallest absolute Gasteiger partial charge is 0.242 e. The molecule has 1 aliphatic heterocycles. The molecule has 2 N–H and O–H groups in total. The zero-order chi connectivity index (χ0) is 12.6. The largest absolute Gasteiger partial charge is 0.495 e. The van der Waals surface area contributed by atoms with Crippen LogP contribution in [0.15, 0.2) is 18.2 Å². The molecule has 0 radical (unpaired) electrons. The van der Waals surface area contributed by atoms with Gasteiger partial charge in [0.15, 0.2) is 0 Å². The second-order valence-electron chi connectivity index (χ2n) is 3.66. The van der Waals surface area contributed by atoms with E-state index in [1.807, 2.05) is 0 Å². The van der Waals surface area contributed by atoms with E-state index in [0.29, 0.717) is 11.4 Å². The van der Waals surface area contributed by atoms with Gasteiger partial charge in [-0.2, -0.15) is 0 Å². The molecule has 6 nitrogen and oxygen atoms in total. The van der Waals surface area contributed by atoms with Gasteiger partial charge >= 0.3 is 0 Å². The fourth-order valence-electron chi connectivity index (χ4n) is 1.71. The van der Waals surface area contributed by atoms with Crippen molar-refractivity contribution >= 4 is 27.3 Å². The van der Waals surface area contributed by atoms with E-state index < -0.39 is 15.9 Å². The molecule has 0 unspecified atom stereocenters. The van der Waals surface area contributed by atoms with Crippen LogP contribution in [0.4, 0.5) is 11.4 Å². The highest BCUT2D eigenvalue weighted by Crippen LogP contribution is 2.35. The SMILES string of the molecule is COc1ccc(N)cc1N1C(=O)CCS1(=O)=O. The number of nitrogen functional groups attached to an aromatic ring is 1. The van der Waals surface area contributed by atoms with Crippen molar-refractivity contribution in [3.8, 4) is 5.75 Å². The topological polar surface area (TPSA) is 89.7 Å². The Balaban J connectivity index is 2.60. The van der Waals surface area contributed by atoms with Crippen molar-refractivity contribution in [3.05, 3.63) is 18.2 Å². The van der Waals surface area contributed by atoms with Crippen molar-refractivity contribution < 1.29 is 17.9 Å². The Labute approximate surface area is 99.0 Å². The molecule has 0 aliphatic carbocycles. The number of methoxy groups -OCH3 is 1. The molecular weight excluding hydrogens is 244 g/mol. The molecule has 92 valence electrons. The summed E-state index contributed by atoms with van der Waals surface area (Å²) < 4.78 is 29.3. The second-order valence-corrected chi connectivity index (χ2v) is 5.59. The summed E-state index contributed by atoms with van der Waals surface area (Å²) in [4.78, 5) is 11.6. The number of amides is 1. The van der Waals surface area contributed by atoms with Gasteiger partial charge in [0.25, 0.3) is 0 Å². The van der Waals surface area contributed by atoms with Gasteiger partial charge in [-0.1, -0.05) is 0 Å². The maximum Gasteiger partial charge on any atom is 0.242 e. The van der Waals surface area contributed by atoms with Crippen LogP contribution in [0.3, 0.4) is 0 Å². The van der Waals surface area contributed by atoms with Crippen LogP contribution in [0.2, 0.25) is 0 Å². The first kappa shape index (κ1) is 11.7. The maximum absolute atomic E-state index is 11.8. The third-order valence-electron chi connectivity index (χ3n) is 2.50. The summed E-state index contributed by atoms with van der Waals surface area (Å²) in [5.74, 6) is -0.337. The minimum absolute atomic E-state index is 0.0136. The highest BCUT2D eigenvalue weighted by atomic mass is 32.2. The fraction of sp³-hybridized carbons (Fsp3) is 0.300. The van der Waals surface area contributed by atoms with Gasteiger partial charge in [0.1, 0.15) is 11.4 Å². The number of hydrogen-bond acceptors (Lipinski definition) is 5. The van der Waals surface area contributed by atoms with Crippen LogP contribution in [-0.4, -0.2) is 27.2 Å². The zero-order valence-electron chi connectivity index (χ0n) is 9.21. The van der Waals surface area contributed by atoms with Crippen molar-refractivity contribution in [1.29, 1.82) is 0 Å². The van der Waals surface area contributed by atoms with E-state index in [-0.39, 0.29) is 17.9 Å². The first-order chi connectivity index (χ1) is 7.95. The standard InChI is InChI=1S/C10H12N2O4S/c1-16-9-3-2-7(11)6-8(9)12-10(13)4-5-17(12,14)15/h2-3,6H,4-5,11H2,1H3. The maximum atomic E-state index is 11.8. The third-order valence-corrected chi connectivity index (χ3v) is 4.18. The predicted octanol–water partition coefficient (Wildman–Crippen LogP) is 0.344. The van der Waals surface area contributed by atoms with E-state index in [2.05, 4.69) is 0 Å². The fourth-order valence-corrected chi connectivity index (χ4v) is 3.17. The summed E-state index contributed by atoms with van der Waals surface area (Å²) in [5.41, 5.74) is 6.14. The van der Waals surface area contributed by atoms with Crippen LogP contribution in [0.25, 0.3) is 0 Å². The number of sulfonamides is 1. The Hall–Kier alpha value is -1.76. The number of anilines is 2. The predicted molar refractivity (Wildman–Crippen MR) is 63.3 cm³/mol. The molecule has 0 aromatic heterocycles. The van der Waals surface area contributed by atoms with E-state index in [4.69, 9.17) is 10.5 Å². The van der Waals surface area contributed by atoms with E-state index in [0.717, 1.165) is 4.31 Å². The van der Waals surface area contributed by atoms with Crippen molar-refractivity contribution in [1.82, 2.24) is 0 Å². The molecule has 1 aliphatic rings. The van der Waals surface area contributed by atoms with E-state index in [1.165, 1.54) is 19.2 Å². The number of hydrogen-bond donors (Lipinski definition) is 1. The molecule has 1 aromatic carbocycles. The van der Waals surface area contributed by atoms with Crippen LogP contribution in [-0.2, 0) is 14.8 Å². The Bertz CT molecular complexity index is 568. The average Bonchev–Trinajstić information content (AvgIpc) is 2.53. The summed E-state index contributed by atoms with van der Waals surface area (Å²) in [6.07, 6.45) is -0.0136. The zero-order valence-corrected chi connectivity index (χ0v) is 10.0. The highest BCUT2D eigenvalue weighted by molar-refractivity contribution is 7.94. The molecule has 17 heavy (non-hydrogen) atoms. The Morgan fingerprint density at radius 2 is 2.12 bits per heavy atom. The quantitative estimate of drug-likeness (QED) is 0.771. The number of nitrogens with zero attached hydrogens (tertiary/aromatic N) is 1. The molecule has 0 spiro atoms. The first-order valence-corrected chi connectivity index (χ1v) is 6.56. The molecule has 1 fully saturated rings.